The van der Waals surface area contributed by atoms with Gasteiger partial charge >= 0.3 is 0 Å². The van der Waals surface area contributed by atoms with Gasteiger partial charge in [0.05, 0.1) is 13.7 Å². The lowest BCUT2D eigenvalue weighted by molar-refractivity contribution is 0.340. The van der Waals surface area contributed by atoms with Crippen LogP contribution in [0.1, 0.15) is 18.1 Å². The average Bonchev–Trinajstić information content (AvgIpc) is 2.77. The van der Waals surface area contributed by atoms with Crippen LogP contribution in [0.15, 0.2) is 66.7 Å². The van der Waals surface area contributed by atoms with E-state index in [0.717, 1.165) is 22.7 Å². The zero-order valence-corrected chi connectivity index (χ0v) is 19.0. The molecule has 0 heterocycles. The Bertz CT molecular complexity index is 993. The molecule has 0 saturated heterocycles. The van der Waals surface area contributed by atoms with E-state index in [2.05, 4.69) is 5.32 Å². The number of hydrogen-bond acceptors (Lipinski definition) is 3. The lowest BCUT2D eigenvalue weighted by atomic mass is 10.1. The van der Waals surface area contributed by atoms with Crippen molar-refractivity contribution in [2.24, 2.45) is 0 Å². The molecule has 0 aliphatic carbocycles. The van der Waals surface area contributed by atoms with Crippen LogP contribution in [0.2, 0.25) is 5.02 Å². The van der Waals surface area contributed by atoms with Crippen molar-refractivity contribution in [3.8, 4) is 11.5 Å². The molecule has 3 aromatic carbocycles. The van der Waals surface area contributed by atoms with Gasteiger partial charge in [-0.05, 0) is 73.2 Å². The first-order chi connectivity index (χ1) is 15.0. The number of rotatable bonds is 8. The Morgan fingerprint density at radius 3 is 2.29 bits per heavy atom. The molecule has 4 nitrogen and oxygen atoms in total. The maximum Gasteiger partial charge on any atom is 0.174 e. The fraction of sp³-hybridized carbons (Fsp3) is 0.208. The zero-order chi connectivity index (χ0) is 22.2. The van der Waals surface area contributed by atoms with Crippen LogP contribution >= 0.6 is 23.8 Å². The molecule has 3 aromatic rings. The summed E-state index contributed by atoms with van der Waals surface area (Å²) >= 11 is 11.9. The molecule has 3 rings (SSSR count). The van der Waals surface area contributed by atoms with Crippen molar-refractivity contribution in [3.63, 3.8) is 0 Å². The van der Waals surface area contributed by atoms with Gasteiger partial charge in [-0.25, -0.2) is 4.39 Å². The molecule has 0 aromatic heterocycles. The van der Waals surface area contributed by atoms with Crippen molar-refractivity contribution in [1.82, 2.24) is 4.90 Å². The molecule has 0 unspecified atom stereocenters. The fourth-order valence-corrected chi connectivity index (χ4v) is 3.50. The van der Waals surface area contributed by atoms with Crippen LogP contribution < -0.4 is 14.8 Å². The summed E-state index contributed by atoms with van der Waals surface area (Å²) in [7, 11) is 1.62. The van der Waals surface area contributed by atoms with Gasteiger partial charge in [0.2, 0.25) is 0 Å². The Morgan fingerprint density at radius 2 is 1.68 bits per heavy atom. The topological polar surface area (TPSA) is 33.7 Å². The molecule has 0 fully saturated rings. The molecule has 31 heavy (non-hydrogen) atoms. The Balaban J connectivity index is 1.81. The highest BCUT2D eigenvalue weighted by Crippen LogP contribution is 2.23. The Hall–Kier alpha value is -2.83. The number of thiocarbonyl (C=S) groups is 1. The summed E-state index contributed by atoms with van der Waals surface area (Å²) in [4.78, 5) is 1.87. The molecule has 0 saturated carbocycles. The molecular formula is C24H24ClFN2O2S. The van der Waals surface area contributed by atoms with E-state index in [1.54, 1.807) is 19.2 Å². The molecule has 0 atom stereocenters. The van der Waals surface area contributed by atoms with Crippen molar-refractivity contribution in [3.05, 3.63) is 88.7 Å². The number of ether oxygens (including phenoxy) is 2. The second-order valence-corrected chi connectivity index (χ2v) is 7.59. The molecule has 1 N–H and O–H groups in total. The number of halogens is 2. The standard InChI is InChI=1S/C24H24ClFN2O2S/c1-3-30-20-13-9-18(10-14-20)27-24(31)28(15-17-7-11-19(29-2)12-8-17)16-21-22(25)5-4-6-23(21)26/h4-14H,3,15-16H2,1-2H3,(H,27,31). The Labute approximate surface area is 192 Å². The molecule has 0 spiro atoms. The van der Waals surface area contributed by atoms with Gasteiger partial charge in [0.15, 0.2) is 5.11 Å². The van der Waals surface area contributed by atoms with Gasteiger partial charge in [-0.2, -0.15) is 0 Å². The van der Waals surface area contributed by atoms with E-state index in [4.69, 9.17) is 33.3 Å². The van der Waals surface area contributed by atoms with Crippen LogP contribution in [0.5, 0.6) is 11.5 Å². The summed E-state index contributed by atoms with van der Waals surface area (Å²) in [6.45, 7) is 3.23. The lowest BCUT2D eigenvalue weighted by Crippen LogP contribution is -2.34. The van der Waals surface area contributed by atoms with E-state index >= 15 is 0 Å². The third kappa shape index (κ3) is 6.32. The van der Waals surface area contributed by atoms with Gasteiger partial charge in [-0.1, -0.05) is 29.8 Å². The monoisotopic (exact) mass is 458 g/mol. The van der Waals surface area contributed by atoms with Crippen LogP contribution in [-0.2, 0) is 13.1 Å². The predicted molar refractivity (Wildman–Crippen MR) is 127 cm³/mol. The zero-order valence-electron chi connectivity index (χ0n) is 17.4. The molecule has 0 radical (unpaired) electrons. The first kappa shape index (κ1) is 22.8. The number of nitrogens with one attached hydrogen (secondary N) is 1. The van der Waals surface area contributed by atoms with Crippen LogP contribution in [0.25, 0.3) is 0 Å². The molecule has 7 heteroatoms. The molecule has 0 aliphatic heterocycles. The van der Waals surface area contributed by atoms with Crippen LogP contribution in [0, 0.1) is 5.82 Å². The second-order valence-electron chi connectivity index (χ2n) is 6.79. The minimum atomic E-state index is -0.365. The average molecular weight is 459 g/mol. The van der Waals surface area contributed by atoms with E-state index in [-0.39, 0.29) is 12.4 Å². The number of hydrogen-bond donors (Lipinski definition) is 1. The van der Waals surface area contributed by atoms with Gasteiger partial charge < -0.3 is 19.7 Å². The first-order valence-electron chi connectivity index (χ1n) is 9.84. The summed E-state index contributed by atoms with van der Waals surface area (Å²) in [5.41, 5.74) is 2.21. The molecule has 0 amide bonds. The number of nitrogens with zero attached hydrogens (tertiary/aromatic N) is 1. The molecule has 0 bridgehead atoms. The Morgan fingerprint density at radius 1 is 1.00 bits per heavy atom. The van der Waals surface area contributed by atoms with Gasteiger partial charge in [0.1, 0.15) is 17.3 Å². The molecule has 162 valence electrons. The van der Waals surface area contributed by atoms with Crippen LogP contribution in [-0.4, -0.2) is 23.7 Å². The van der Waals surface area contributed by atoms with Crippen molar-refractivity contribution in [2.45, 2.75) is 20.0 Å². The fourth-order valence-electron chi connectivity index (χ4n) is 3.03. The third-order valence-electron chi connectivity index (χ3n) is 4.65. The van der Waals surface area contributed by atoms with E-state index in [1.807, 2.05) is 60.4 Å². The highest BCUT2D eigenvalue weighted by Gasteiger charge is 2.16. The minimum absolute atomic E-state index is 0.223. The summed E-state index contributed by atoms with van der Waals surface area (Å²) < 4.78 is 25.2. The third-order valence-corrected chi connectivity index (χ3v) is 5.36. The maximum atomic E-state index is 14.5. The number of methoxy groups -OCH3 is 1. The molecular weight excluding hydrogens is 435 g/mol. The normalized spacial score (nSPS) is 10.5. The molecule has 0 aliphatic rings. The van der Waals surface area contributed by atoms with E-state index in [0.29, 0.717) is 28.9 Å². The summed E-state index contributed by atoms with van der Waals surface area (Å²) in [6.07, 6.45) is 0. The van der Waals surface area contributed by atoms with E-state index in [1.165, 1.54) is 6.07 Å². The predicted octanol–water partition coefficient (Wildman–Crippen LogP) is 6.29. The minimum Gasteiger partial charge on any atom is -0.497 e. The lowest BCUT2D eigenvalue weighted by Gasteiger charge is -2.27. The van der Waals surface area contributed by atoms with E-state index < -0.39 is 0 Å². The van der Waals surface area contributed by atoms with Crippen molar-refractivity contribution >= 4 is 34.6 Å². The highest BCUT2D eigenvalue weighted by atomic mass is 35.5. The summed E-state index contributed by atoms with van der Waals surface area (Å²) in [5.74, 6) is 1.19. The highest BCUT2D eigenvalue weighted by molar-refractivity contribution is 7.80. The summed E-state index contributed by atoms with van der Waals surface area (Å²) in [5, 5.41) is 4.05. The van der Waals surface area contributed by atoms with Gasteiger partial charge in [-0.15, -0.1) is 0 Å². The Kier molecular flexibility index (Phi) is 8.09. The second kappa shape index (κ2) is 11.0. The van der Waals surface area contributed by atoms with Crippen molar-refractivity contribution in [1.29, 1.82) is 0 Å². The van der Waals surface area contributed by atoms with Crippen LogP contribution in [0.3, 0.4) is 0 Å². The first-order valence-corrected chi connectivity index (χ1v) is 10.6. The van der Waals surface area contributed by atoms with E-state index in [9.17, 15) is 4.39 Å². The van der Waals surface area contributed by atoms with Gasteiger partial charge in [0.25, 0.3) is 0 Å². The summed E-state index contributed by atoms with van der Waals surface area (Å²) in [6, 6.07) is 19.8. The maximum absolute atomic E-state index is 14.5. The number of benzene rings is 3. The SMILES string of the molecule is CCOc1ccc(NC(=S)N(Cc2ccc(OC)cc2)Cc2c(F)cccc2Cl)cc1. The smallest absolute Gasteiger partial charge is 0.174 e. The van der Waals surface area contributed by atoms with Crippen molar-refractivity contribution in [2.75, 3.05) is 19.0 Å². The quantitative estimate of drug-likeness (QED) is 0.401. The van der Waals surface area contributed by atoms with Crippen LogP contribution in [0.4, 0.5) is 10.1 Å². The largest absolute Gasteiger partial charge is 0.497 e. The van der Waals surface area contributed by atoms with Crippen molar-refractivity contribution < 1.29 is 13.9 Å². The van der Waals surface area contributed by atoms with Gasteiger partial charge in [0, 0.05) is 29.4 Å². The van der Waals surface area contributed by atoms with Gasteiger partial charge in [-0.3, -0.25) is 0 Å². The number of anilines is 1.